The lowest BCUT2D eigenvalue weighted by Gasteiger charge is -2.16. The second-order valence-corrected chi connectivity index (χ2v) is 9.08. The van der Waals surface area contributed by atoms with E-state index in [0.717, 1.165) is 57.7 Å². The fourth-order valence-corrected chi connectivity index (χ4v) is 5.20. The van der Waals surface area contributed by atoms with Gasteiger partial charge in [0.15, 0.2) is 0 Å². The smallest absolute Gasteiger partial charge is 0.138 e. The minimum Gasteiger partial charge on any atom is -0.292 e. The highest BCUT2D eigenvalue weighted by atomic mass is 15.1. The fraction of sp³-hybridized carbons (Fsp3) is 0.0625. The monoisotopic (exact) mass is 477 g/mol. The van der Waals surface area contributed by atoms with E-state index in [1.165, 1.54) is 16.7 Å². The maximum Gasteiger partial charge on any atom is 0.138 e. The van der Waals surface area contributed by atoms with Gasteiger partial charge in [0.05, 0.1) is 33.6 Å². The van der Waals surface area contributed by atoms with Gasteiger partial charge in [-0.05, 0) is 90.2 Å². The fourth-order valence-electron chi connectivity index (χ4n) is 5.20. The van der Waals surface area contributed by atoms with Crippen LogP contribution in [0.25, 0.3) is 50.3 Å². The highest BCUT2D eigenvalue weighted by Gasteiger charge is 2.18. The quantitative estimate of drug-likeness (QED) is 0.267. The Labute approximate surface area is 214 Å². The zero-order chi connectivity index (χ0) is 24.6. The summed E-state index contributed by atoms with van der Waals surface area (Å²) < 4.78 is 2.19. The minimum absolute atomic E-state index is 0.839. The molecule has 5 aromatic heterocycles. The molecule has 0 atom stereocenters. The molecular formula is C32H23N5. The molecule has 5 nitrogen and oxygen atoms in total. The second kappa shape index (κ2) is 8.95. The lowest BCUT2D eigenvalue weighted by molar-refractivity contribution is 1.04. The molecule has 1 aliphatic rings. The van der Waals surface area contributed by atoms with Crippen molar-refractivity contribution < 1.29 is 0 Å². The van der Waals surface area contributed by atoms with Crippen LogP contribution in [0.1, 0.15) is 24.1 Å². The highest BCUT2D eigenvalue weighted by Crippen LogP contribution is 2.37. The standard InChI is InChI=1S/C32H23N5/c1-2-10-24(26-11-3-5-18-33-26)23(9-1)22-16-17-29-25(21-22)32-30(14-8-20-35-32)37(29)31-15-7-13-28(36-31)27-12-4-6-19-34-27/h1,3-9,11-21H,2,10H2. The maximum absolute atomic E-state index is 4.99. The molecule has 37 heavy (non-hydrogen) atoms. The Morgan fingerprint density at radius 1 is 0.649 bits per heavy atom. The van der Waals surface area contributed by atoms with Gasteiger partial charge >= 0.3 is 0 Å². The molecule has 176 valence electrons. The SMILES string of the molecule is C1=CC(c2ccc3c(c2)c2ncccc2n3-c2cccc(-c3ccccn3)n2)=C(c2ccccn2)CC1. The Kier molecular flexibility index (Phi) is 5.18. The number of aromatic nitrogens is 5. The summed E-state index contributed by atoms with van der Waals surface area (Å²) in [5, 5.41) is 1.10. The number of pyridine rings is 4. The van der Waals surface area contributed by atoms with Gasteiger partial charge in [0.25, 0.3) is 0 Å². The van der Waals surface area contributed by atoms with Crippen molar-refractivity contribution in [3.8, 4) is 17.2 Å². The Morgan fingerprint density at radius 3 is 2.30 bits per heavy atom. The van der Waals surface area contributed by atoms with Crippen LogP contribution in [0.15, 0.2) is 116 Å². The lowest BCUT2D eigenvalue weighted by atomic mass is 9.89. The van der Waals surface area contributed by atoms with E-state index in [4.69, 9.17) is 9.97 Å². The van der Waals surface area contributed by atoms with Crippen molar-refractivity contribution in [2.45, 2.75) is 12.8 Å². The van der Waals surface area contributed by atoms with Gasteiger partial charge in [-0.15, -0.1) is 0 Å². The molecule has 0 bridgehead atoms. The first kappa shape index (κ1) is 21.4. The summed E-state index contributed by atoms with van der Waals surface area (Å²) in [5.41, 5.74) is 9.46. The van der Waals surface area contributed by atoms with Crippen LogP contribution in [0.4, 0.5) is 0 Å². The van der Waals surface area contributed by atoms with Crippen molar-refractivity contribution in [1.29, 1.82) is 0 Å². The molecule has 0 saturated heterocycles. The molecule has 6 aromatic rings. The number of fused-ring (bicyclic) bond motifs is 3. The minimum atomic E-state index is 0.839. The summed E-state index contributed by atoms with van der Waals surface area (Å²) in [5.74, 6) is 0.842. The number of hydrogen-bond donors (Lipinski definition) is 0. The zero-order valence-corrected chi connectivity index (χ0v) is 20.1. The van der Waals surface area contributed by atoms with Crippen molar-refractivity contribution in [3.63, 3.8) is 0 Å². The van der Waals surface area contributed by atoms with E-state index in [-0.39, 0.29) is 0 Å². The van der Waals surface area contributed by atoms with Crippen LogP contribution in [0.2, 0.25) is 0 Å². The topological polar surface area (TPSA) is 56.5 Å². The van der Waals surface area contributed by atoms with Crippen LogP contribution in [-0.2, 0) is 0 Å². The van der Waals surface area contributed by atoms with E-state index in [1.54, 1.807) is 6.20 Å². The molecule has 7 rings (SSSR count). The van der Waals surface area contributed by atoms with E-state index in [9.17, 15) is 0 Å². The first-order valence-corrected chi connectivity index (χ1v) is 12.5. The summed E-state index contributed by atoms with van der Waals surface area (Å²) in [6, 6.07) is 28.8. The van der Waals surface area contributed by atoms with Crippen LogP contribution < -0.4 is 0 Å². The molecule has 0 N–H and O–H groups in total. The average Bonchev–Trinajstić information content (AvgIpc) is 3.32. The molecule has 0 saturated carbocycles. The van der Waals surface area contributed by atoms with Gasteiger partial charge in [0, 0.05) is 24.0 Å². The van der Waals surface area contributed by atoms with Crippen LogP contribution in [0.5, 0.6) is 0 Å². The van der Waals surface area contributed by atoms with E-state index in [2.05, 4.69) is 63.1 Å². The number of rotatable bonds is 4. The van der Waals surface area contributed by atoms with Crippen molar-refractivity contribution in [3.05, 3.63) is 127 Å². The van der Waals surface area contributed by atoms with Crippen molar-refractivity contribution in [2.24, 2.45) is 0 Å². The Hall–Kier alpha value is -4.90. The third-order valence-electron chi connectivity index (χ3n) is 6.87. The van der Waals surface area contributed by atoms with Crippen molar-refractivity contribution >= 4 is 33.1 Å². The lowest BCUT2D eigenvalue weighted by Crippen LogP contribution is -1.99. The number of benzene rings is 1. The van der Waals surface area contributed by atoms with E-state index in [0.29, 0.717) is 0 Å². The summed E-state index contributed by atoms with van der Waals surface area (Å²) in [4.78, 5) is 18.9. The number of allylic oxidation sites excluding steroid dienone is 4. The third kappa shape index (κ3) is 3.72. The molecule has 0 aliphatic heterocycles. The largest absolute Gasteiger partial charge is 0.292 e. The van der Waals surface area contributed by atoms with Gasteiger partial charge in [-0.2, -0.15) is 0 Å². The molecule has 0 fully saturated rings. The normalized spacial score (nSPS) is 13.5. The van der Waals surface area contributed by atoms with Gasteiger partial charge in [-0.25, -0.2) is 4.98 Å². The van der Waals surface area contributed by atoms with Crippen molar-refractivity contribution in [2.75, 3.05) is 0 Å². The number of hydrogen-bond acceptors (Lipinski definition) is 4. The van der Waals surface area contributed by atoms with Gasteiger partial charge in [0.1, 0.15) is 5.82 Å². The Balaban J connectivity index is 1.44. The van der Waals surface area contributed by atoms with Crippen LogP contribution >= 0.6 is 0 Å². The second-order valence-electron chi connectivity index (χ2n) is 9.08. The zero-order valence-electron chi connectivity index (χ0n) is 20.1. The van der Waals surface area contributed by atoms with Gasteiger partial charge in [-0.3, -0.25) is 19.5 Å². The molecule has 5 heterocycles. The van der Waals surface area contributed by atoms with Gasteiger partial charge in [0.2, 0.25) is 0 Å². The first-order valence-electron chi connectivity index (χ1n) is 12.5. The summed E-state index contributed by atoms with van der Waals surface area (Å²) in [6.45, 7) is 0. The number of nitrogens with zero attached hydrogens (tertiary/aromatic N) is 5. The maximum atomic E-state index is 4.99. The summed E-state index contributed by atoms with van der Waals surface area (Å²) in [7, 11) is 0. The third-order valence-corrected chi connectivity index (χ3v) is 6.87. The Bertz CT molecular complexity index is 1810. The van der Waals surface area contributed by atoms with Crippen molar-refractivity contribution in [1.82, 2.24) is 24.5 Å². The molecule has 0 unspecified atom stereocenters. The van der Waals surface area contributed by atoms with E-state index >= 15 is 0 Å². The van der Waals surface area contributed by atoms with Crippen LogP contribution in [0, 0.1) is 0 Å². The highest BCUT2D eigenvalue weighted by molar-refractivity contribution is 6.09. The predicted molar refractivity (Wildman–Crippen MR) is 149 cm³/mol. The molecule has 5 heteroatoms. The average molecular weight is 478 g/mol. The van der Waals surface area contributed by atoms with Gasteiger partial charge in [-0.1, -0.05) is 36.4 Å². The first-order chi connectivity index (χ1) is 18.4. The Morgan fingerprint density at radius 2 is 1.46 bits per heavy atom. The van der Waals surface area contributed by atoms with Crippen LogP contribution in [-0.4, -0.2) is 24.5 Å². The van der Waals surface area contributed by atoms with E-state index < -0.39 is 0 Å². The van der Waals surface area contributed by atoms with Crippen LogP contribution in [0.3, 0.4) is 0 Å². The molecule has 1 aromatic carbocycles. The molecule has 0 radical (unpaired) electrons. The molecule has 1 aliphatic carbocycles. The molecule has 0 spiro atoms. The summed E-state index contributed by atoms with van der Waals surface area (Å²) >= 11 is 0. The molecular weight excluding hydrogens is 454 g/mol. The molecule has 0 amide bonds. The predicted octanol–water partition coefficient (Wildman–Crippen LogP) is 7.29. The van der Waals surface area contributed by atoms with E-state index in [1.807, 2.05) is 60.9 Å². The summed E-state index contributed by atoms with van der Waals surface area (Å²) in [6.07, 6.45) is 12.0. The van der Waals surface area contributed by atoms with Gasteiger partial charge < -0.3 is 0 Å².